The third kappa shape index (κ3) is 4.07. The molecule has 2 heterocycles. The molecule has 2 atom stereocenters. The number of nitrogens with two attached hydrogens (primary N) is 1. The number of sulfone groups is 1. The molecule has 1 fully saturated rings. The Balaban J connectivity index is 1.85. The van der Waals surface area contributed by atoms with Gasteiger partial charge in [0.25, 0.3) is 0 Å². The summed E-state index contributed by atoms with van der Waals surface area (Å²) in [6.07, 6.45) is 0.610. The van der Waals surface area contributed by atoms with Gasteiger partial charge in [-0.3, -0.25) is 4.79 Å². The van der Waals surface area contributed by atoms with E-state index in [0.29, 0.717) is 19.6 Å². The van der Waals surface area contributed by atoms with Crippen molar-refractivity contribution in [3.63, 3.8) is 0 Å². The number of rotatable bonds is 6. The van der Waals surface area contributed by atoms with Crippen LogP contribution in [-0.4, -0.2) is 43.0 Å². The Morgan fingerprint density at radius 2 is 2.04 bits per heavy atom. The molecule has 146 valence electrons. The van der Waals surface area contributed by atoms with Crippen molar-refractivity contribution in [3.05, 3.63) is 40.7 Å². The van der Waals surface area contributed by atoms with E-state index in [1.807, 2.05) is 35.7 Å². The number of nitrogens with zero attached hydrogens (tertiary/aromatic N) is 1. The first kappa shape index (κ1) is 20.0. The van der Waals surface area contributed by atoms with Gasteiger partial charge in [0.15, 0.2) is 9.84 Å². The SMILES string of the molecule is CC(C)(C(N)=O)S(=O)(=O)CC1CCOCC1c1nc(-c2ccccc2)cs1. The van der Waals surface area contributed by atoms with Crippen molar-refractivity contribution in [2.24, 2.45) is 11.7 Å². The van der Waals surface area contributed by atoms with Crippen LogP contribution in [0.2, 0.25) is 0 Å². The van der Waals surface area contributed by atoms with Crippen molar-refractivity contribution in [1.82, 2.24) is 4.98 Å². The highest BCUT2D eigenvalue weighted by Gasteiger charge is 2.43. The normalized spacial score (nSPS) is 21.1. The molecule has 0 saturated carbocycles. The third-order valence-electron chi connectivity index (χ3n) is 5.21. The van der Waals surface area contributed by atoms with Crippen LogP contribution in [0.15, 0.2) is 35.7 Å². The Labute approximate surface area is 163 Å². The summed E-state index contributed by atoms with van der Waals surface area (Å²) in [5, 5.41) is 2.85. The van der Waals surface area contributed by atoms with E-state index in [1.54, 1.807) is 0 Å². The van der Waals surface area contributed by atoms with Gasteiger partial charge in [-0.2, -0.15) is 0 Å². The van der Waals surface area contributed by atoms with E-state index >= 15 is 0 Å². The predicted octanol–water partition coefficient (Wildman–Crippen LogP) is 2.61. The summed E-state index contributed by atoms with van der Waals surface area (Å²) in [5.41, 5.74) is 7.22. The van der Waals surface area contributed by atoms with Gasteiger partial charge in [-0.05, 0) is 26.2 Å². The smallest absolute Gasteiger partial charge is 0.238 e. The van der Waals surface area contributed by atoms with Gasteiger partial charge in [-0.15, -0.1) is 11.3 Å². The lowest BCUT2D eigenvalue weighted by molar-refractivity contribution is -0.119. The van der Waals surface area contributed by atoms with Crippen LogP contribution in [0.4, 0.5) is 0 Å². The van der Waals surface area contributed by atoms with Crippen LogP contribution in [0.3, 0.4) is 0 Å². The van der Waals surface area contributed by atoms with Crippen LogP contribution in [-0.2, 0) is 19.4 Å². The number of amides is 1. The number of hydrogen-bond acceptors (Lipinski definition) is 6. The highest BCUT2D eigenvalue weighted by atomic mass is 32.2. The average molecular weight is 409 g/mol. The highest BCUT2D eigenvalue weighted by Crippen LogP contribution is 2.37. The fourth-order valence-electron chi connectivity index (χ4n) is 3.10. The van der Waals surface area contributed by atoms with Crippen molar-refractivity contribution in [2.45, 2.75) is 30.9 Å². The summed E-state index contributed by atoms with van der Waals surface area (Å²) < 4.78 is 29.6. The molecule has 0 aliphatic carbocycles. The second kappa shape index (κ2) is 7.69. The molecule has 0 radical (unpaired) electrons. The number of ether oxygens (including phenoxy) is 1. The summed E-state index contributed by atoms with van der Waals surface area (Å²) in [5.74, 6) is -1.19. The van der Waals surface area contributed by atoms with Crippen LogP contribution < -0.4 is 5.73 Å². The Morgan fingerprint density at radius 1 is 1.33 bits per heavy atom. The van der Waals surface area contributed by atoms with Gasteiger partial charge in [0.05, 0.1) is 23.1 Å². The molecule has 27 heavy (non-hydrogen) atoms. The first-order chi connectivity index (χ1) is 12.7. The van der Waals surface area contributed by atoms with Gasteiger partial charge in [0, 0.05) is 23.5 Å². The fraction of sp³-hybridized carbons (Fsp3) is 0.474. The molecular formula is C19H24N2O4S2. The van der Waals surface area contributed by atoms with Crippen LogP contribution in [0.5, 0.6) is 0 Å². The minimum absolute atomic E-state index is 0.1000. The Morgan fingerprint density at radius 3 is 2.70 bits per heavy atom. The molecule has 1 aliphatic heterocycles. The minimum Gasteiger partial charge on any atom is -0.381 e. The van der Waals surface area contributed by atoms with Crippen LogP contribution in [0, 0.1) is 5.92 Å². The van der Waals surface area contributed by atoms with Crippen molar-refractivity contribution in [3.8, 4) is 11.3 Å². The molecule has 1 amide bonds. The maximum Gasteiger partial charge on any atom is 0.238 e. The second-order valence-corrected chi connectivity index (χ2v) is 10.8. The number of carbonyl (C=O) groups is 1. The van der Waals surface area contributed by atoms with Crippen molar-refractivity contribution < 1.29 is 17.9 Å². The van der Waals surface area contributed by atoms with Gasteiger partial charge in [-0.25, -0.2) is 13.4 Å². The van der Waals surface area contributed by atoms with Crippen molar-refractivity contribution >= 4 is 27.1 Å². The monoisotopic (exact) mass is 408 g/mol. The molecule has 3 rings (SSSR count). The summed E-state index contributed by atoms with van der Waals surface area (Å²) >= 11 is 1.52. The van der Waals surface area contributed by atoms with E-state index in [2.05, 4.69) is 0 Å². The summed E-state index contributed by atoms with van der Waals surface area (Å²) in [6, 6.07) is 9.85. The molecule has 1 saturated heterocycles. The maximum absolute atomic E-state index is 12.8. The highest BCUT2D eigenvalue weighted by molar-refractivity contribution is 7.93. The number of carbonyl (C=O) groups excluding carboxylic acids is 1. The predicted molar refractivity (Wildman–Crippen MR) is 106 cm³/mol. The number of hydrogen-bond donors (Lipinski definition) is 1. The molecule has 1 aromatic carbocycles. The van der Waals surface area contributed by atoms with Gasteiger partial charge in [-0.1, -0.05) is 30.3 Å². The fourth-order valence-corrected chi connectivity index (χ4v) is 5.79. The molecular weight excluding hydrogens is 384 g/mol. The van der Waals surface area contributed by atoms with Crippen molar-refractivity contribution in [2.75, 3.05) is 19.0 Å². The lowest BCUT2D eigenvalue weighted by atomic mass is 9.90. The van der Waals surface area contributed by atoms with Crippen LogP contribution >= 0.6 is 11.3 Å². The maximum atomic E-state index is 12.8. The molecule has 8 heteroatoms. The zero-order valence-corrected chi connectivity index (χ0v) is 17.1. The molecule has 2 unspecified atom stereocenters. The molecule has 0 spiro atoms. The van der Waals surface area contributed by atoms with Gasteiger partial charge >= 0.3 is 0 Å². The minimum atomic E-state index is -3.70. The summed E-state index contributed by atoms with van der Waals surface area (Å²) in [7, 11) is -3.70. The molecule has 1 aliphatic rings. The standard InChI is InChI=1S/C19H24N2O4S2/c1-19(2,18(20)22)27(23,24)12-14-8-9-25-10-15(14)17-21-16(11-26-17)13-6-4-3-5-7-13/h3-7,11,14-15H,8-10,12H2,1-2H3,(H2,20,22). The lowest BCUT2D eigenvalue weighted by Crippen LogP contribution is -2.48. The zero-order chi connectivity index (χ0) is 19.7. The molecule has 2 aromatic rings. The summed E-state index contributed by atoms with van der Waals surface area (Å²) in [4.78, 5) is 16.4. The van der Waals surface area contributed by atoms with E-state index in [9.17, 15) is 13.2 Å². The molecule has 0 bridgehead atoms. The largest absolute Gasteiger partial charge is 0.381 e. The Kier molecular flexibility index (Phi) is 5.69. The van der Waals surface area contributed by atoms with Gasteiger partial charge in [0.1, 0.15) is 4.75 Å². The first-order valence-corrected chi connectivity index (χ1v) is 11.4. The average Bonchev–Trinajstić information content (AvgIpc) is 3.12. The van der Waals surface area contributed by atoms with E-state index in [0.717, 1.165) is 16.3 Å². The topological polar surface area (TPSA) is 99.4 Å². The molecule has 6 nitrogen and oxygen atoms in total. The lowest BCUT2D eigenvalue weighted by Gasteiger charge is -2.32. The van der Waals surface area contributed by atoms with Gasteiger partial charge in [0.2, 0.25) is 5.91 Å². The number of primary amides is 1. The van der Waals surface area contributed by atoms with Gasteiger partial charge < -0.3 is 10.5 Å². The van der Waals surface area contributed by atoms with E-state index in [1.165, 1.54) is 25.2 Å². The van der Waals surface area contributed by atoms with E-state index in [-0.39, 0.29) is 17.6 Å². The summed E-state index contributed by atoms with van der Waals surface area (Å²) in [6.45, 7) is 3.68. The quantitative estimate of drug-likeness (QED) is 0.792. The third-order valence-corrected chi connectivity index (χ3v) is 8.81. The van der Waals surface area contributed by atoms with Crippen LogP contribution in [0.25, 0.3) is 11.3 Å². The molecule has 2 N–H and O–H groups in total. The number of benzene rings is 1. The zero-order valence-electron chi connectivity index (χ0n) is 15.4. The van der Waals surface area contributed by atoms with Crippen LogP contribution in [0.1, 0.15) is 31.2 Å². The first-order valence-electron chi connectivity index (χ1n) is 8.83. The van der Waals surface area contributed by atoms with E-state index < -0.39 is 20.5 Å². The number of aromatic nitrogens is 1. The number of thiazole rings is 1. The van der Waals surface area contributed by atoms with Crippen molar-refractivity contribution in [1.29, 1.82) is 0 Å². The van der Waals surface area contributed by atoms with E-state index in [4.69, 9.17) is 15.5 Å². The second-order valence-electron chi connectivity index (χ2n) is 7.32. The molecule has 1 aromatic heterocycles. The Bertz CT molecular complexity index is 907. The Hall–Kier alpha value is -1.77.